The van der Waals surface area contributed by atoms with Gasteiger partial charge in [0.15, 0.2) is 0 Å². The minimum Gasteiger partial charge on any atom is -0.459 e. The summed E-state index contributed by atoms with van der Waals surface area (Å²) in [6, 6.07) is 0.0216. The molecule has 0 spiro atoms. The topological polar surface area (TPSA) is 29.5 Å². The summed E-state index contributed by atoms with van der Waals surface area (Å²) >= 11 is 0. The second-order valence-electron chi connectivity index (χ2n) is 8.12. The minimum absolute atomic E-state index is 0.00171. The van der Waals surface area contributed by atoms with E-state index < -0.39 is 0 Å². The third-order valence-electron chi connectivity index (χ3n) is 5.40. The fourth-order valence-corrected chi connectivity index (χ4v) is 4.58. The lowest BCUT2D eigenvalue weighted by Crippen LogP contribution is -2.43. The van der Waals surface area contributed by atoms with E-state index in [0.717, 1.165) is 43.7 Å². The number of carbonyl (C=O) groups excluding carboxylic acids is 1. The predicted molar refractivity (Wildman–Crippen MR) is 79.4 cm³/mol. The Hall–Kier alpha value is -0.570. The molecule has 0 N–H and O–H groups in total. The molecule has 0 amide bonds. The Bertz CT molecular complexity index is 374. The van der Waals surface area contributed by atoms with Crippen LogP contribution in [0.1, 0.15) is 59.3 Å². The minimum atomic E-state index is -0.363. The van der Waals surface area contributed by atoms with Crippen LogP contribution in [0.3, 0.4) is 0 Å². The Morgan fingerprint density at radius 2 is 2.00 bits per heavy atom. The van der Waals surface area contributed by atoms with Gasteiger partial charge in [-0.2, -0.15) is 0 Å². The van der Waals surface area contributed by atoms with E-state index in [1.54, 1.807) is 0 Å². The van der Waals surface area contributed by atoms with Crippen LogP contribution in [0.4, 0.5) is 0 Å². The van der Waals surface area contributed by atoms with Gasteiger partial charge >= 0.3 is 5.97 Å². The standard InChI is InChI=1S/C17H29NO2/c1-17(2,3)20-16(19)15-5-4-8-18(15)11-14-10-12-6-7-13(14)9-12/h12-15H,4-11H2,1-3H3/t12?,13?,14?,15-/m0/s1. The maximum atomic E-state index is 12.3. The van der Waals surface area contributed by atoms with Gasteiger partial charge in [0.2, 0.25) is 0 Å². The molecule has 0 aromatic carbocycles. The van der Waals surface area contributed by atoms with Crippen LogP contribution in [0, 0.1) is 17.8 Å². The van der Waals surface area contributed by atoms with Gasteiger partial charge in [-0.25, -0.2) is 0 Å². The molecule has 0 radical (unpaired) electrons. The fraction of sp³-hybridized carbons (Fsp3) is 0.941. The van der Waals surface area contributed by atoms with Gasteiger partial charge in [-0.05, 0) is 77.2 Å². The maximum Gasteiger partial charge on any atom is 0.323 e. The van der Waals surface area contributed by atoms with Crippen molar-refractivity contribution >= 4 is 5.97 Å². The van der Waals surface area contributed by atoms with E-state index in [-0.39, 0.29) is 17.6 Å². The van der Waals surface area contributed by atoms with Crippen LogP contribution in [-0.2, 0) is 9.53 Å². The lowest BCUT2D eigenvalue weighted by atomic mass is 9.88. The number of esters is 1. The fourth-order valence-electron chi connectivity index (χ4n) is 4.58. The highest BCUT2D eigenvalue weighted by Gasteiger charge is 2.42. The normalized spacial score (nSPS) is 37.5. The molecule has 1 heterocycles. The highest BCUT2D eigenvalue weighted by molar-refractivity contribution is 5.76. The van der Waals surface area contributed by atoms with Crippen LogP contribution in [-0.4, -0.2) is 35.6 Å². The molecule has 3 heteroatoms. The van der Waals surface area contributed by atoms with Crippen LogP contribution in [0.15, 0.2) is 0 Å². The molecular formula is C17H29NO2. The summed E-state index contributed by atoms with van der Waals surface area (Å²) in [5.41, 5.74) is -0.363. The van der Waals surface area contributed by atoms with Crippen molar-refractivity contribution in [1.29, 1.82) is 0 Å². The predicted octanol–water partition coefficient (Wildman–Crippen LogP) is 3.23. The van der Waals surface area contributed by atoms with Crippen LogP contribution < -0.4 is 0 Å². The van der Waals surface area contributed by atoms with Gasteiger partial charge in [0.05, 0.1) is 0 Å². The maximum absolute atomic E-state index is 12.3. The van der Waals surface area contributed by atoms with Crippen molar-refractivity contribution in [2.45, 2.75) is 70.9 Å². The molecule has 0 aromatic heterocycles. The molecule has 2 saturated carbocycles. The van der Waals surface area contributed by atoms with Crippen LogP contribution in [0.25, 0.3) is 0 Å². The zero-order valence-electron chi connectivity index (χ0n) is 13.2. The Kier molecular flexibility index (Phi) is 3.83. The molecule has 1 saturated heterocycles. The Morgan fingerprint density at radius 3 is 2.60 bits per heavy atom. The van der Waals surface area contributed by atoms with E-state index in [1.165, 1.54) is 25.7 Å². The molecule has 20 heavy (non-hydrogen) atoms. The van der Waals surface area contributed by atoms with Crippen molar-refractivity contribution in [3.05, 3.63) is 0 Å². The SMILES string of the molecule is CC(C)(C)OC(=O)[C@@H]1CCCN1CC1CC2CCC1C2. The van der Waals surface area contributed by atoms with Gasteiger partial charge in [0.25, 0.3) is 0 Å². The summed E-state index contributed by atoms with van der Waals surface area (Å²) in [5, 5.41) is 0. The highest BCUT2D eigenvalue weighted by Crippen LogP contribution is 2.48. The molecule has 4 atom stereocenters. The smallest absolute Gasteiger partial charge is 0.323 e. The lowest BCUT2D eigenvalue weighted by Gasteiger charge is -2.31. The van der Waals surface area contributed by atoms with Gasteiger partial charge in [0.1, 0.15) is 11.6 Å². The van der Waals surface area contributed by atoms with E-state index in [2.05, 4.69) is 4.90 Å². The molecule has 114 valence electrons. The van der Waals surface area contributed by atoms with E-state index in [9.17, 15) is 4.79 Å². The van der Waals surface area contributed by atoms with Crippen molar-refractivity contribution < 1.29 is 9.53 Å². The Morgan fingerprint density at radius 1 is 1.20 bits per heavy atom. The summed E-state index contributed by atoms with van der Waals surface area (Å²) in [4.78, 5) is 14.8. The molecule has 3 aliphatic rings. The van der Waals surface area contributed by atoms with E-state index in [0.29, 0.717) is 0 Å². The number of hydrogen-bond acceptors (Lipinski definition) is 3. The van der Waals surface area contributed by atoms with Crippen molar-refractivity contribution in [1.82, 2.24) is 4.90 Å². The number of likely N-dealkylation sites (tertiary alicyclic amines) is 1. The summed E-state index contributed by atoms with van der Waals surface area (Å²) in [6.45, 7) is 8.09. The second kappa shape index (κ2) is 5.32. The molecule has 2 bridgehead atoms. The Balaban J connectivity index is 1.57. The molecule has 3 unspecified atom stereocenters. The van der Waals surface area contributed by atoms with Crippen LogP contribution in [0.5, 0.6) is 0 Å². The summed E-state index contributed by atoms with van der Waals surface area (Å²) < 4.78 is 5.60. The summed E-state index contributed by atoms with van der Waals surface area (Å²) in [6.07, 6.45) is 7.87. The third-order valence-corrected chi connectivity index (χ3v) is 5.40. The quantitative estimate of drug-likeness (QED) is 0.743. The zero-order chi connectivity index (χ0) is 14.3. The number of hydrogen-bond donors (Lipinski definition) is 0. The van der Waals surface area contributed by atoms with Crippen molar-refractivity contribution in [2.24, 2.45) is 17.8 Å². The number of carbonyl (C=O) groups is 1. The van der Waals surface area contributed by atoms with Crippen molar-refractivity contribution in [3.63, 3.8) is 0 Å². The van der Waals surface area contributed by atoms with Crippen molar-refractivity contribution in [2.75, 3.05) is 13.1 Å². The van der Waals surface area contributed by atoms with Crippen LogP contribution in [0.2, 0.25) is 0 Å². The van der Waals surface area contributed by atoms with E-state index in [4.69, 9.17) is 4.74 Å². The van der Waals surface area contributed by atoms with Gasteiger partial charge in [0, 0.05) is 6.54 Å². The molecular weight excluding hydrogens is 250 g/mol. The summed E-state index contributed by atoms with van der Waals surface area (Å²) in [7, 11) is 0. The molecule has 3 rings (SSSR count). The molecule has 0 aromatic rings. The number of rotatable bonds is 3. The molecule has 3 fully saturated rings. The second-order valence-corrected chi connectivity index (χ2v) is 8.12. The molecule has 1 aliphatic heterocycles. The monoisotopic (exact) mass is 279 g/mol. The zero-order valence-corrected chi connectivity index (χ0v) is 13.2. The lowest BCUT2D eigenvalue weighted by molar-refractivity contribution is -0.160. The van der Waals surface area contributed by atoms with Crippen molar-refractivity contribution in [3.8, 4) is 0 Å². The average Bonchev–Trinajstić information content (AvgIpc) is 3.01. The van der Waals surface area contributed by atoms with Gasteiger partial charge in [-0.15, -0.1) is 0 Å². The van der Waals surface area contributed by atoms with Gasteiger partial charge in [-0.3, -0.25) is 9.69 Å². The van der Waals surface area contributed by atoms with Gasteiger partial charge in [-0.1, -0.05) is 6.42 Å². The number of nitrogens with zero attached hydrogens (tertiary/aromatic N) is 1. The first-order chi connectivity index (χ1) is 9.42. The molecule has 2 aliphatic carbocycles. The highest BCUT2D eigenvalue weighted by atomic mass is 16.6. The largest absolute Gasteiger partial charge is 0.459 e. The van der Waals surface area contributed by atoms with E-state index >= 15 is 0 Å². The van der Waals surface area contributed by atoms with Gasteiger partial charge < -0.3 is 4.74 Å². The van der Waals surface area contributed by atoms with E-state index in [1.807, 2.05) is 20.8 Å². The Labute approximate surface area is 123 Å². The first kappa shape index (κ1) is 14.4. The average molecular weight is 279 g/mol. The molecule has 3 nitrogen and oxygen atoms in total. The number of ether oxygens (including phenoxy) is 1. The first-order valence-corrected chi connectivity index (χ1v) is 8.39. The summed E-state index contributed by atoms with van der Waals surface area (Å²) in [5.74, 6) is 2.78. The van der Waals surface area contributed by atoms with Crippen LogP contribution >= 0.6 is 0 Å². The number of fused-ring (bicyclic) bond motifs is 2. The first-order valence-electron chi connectivity index (χ1n) is 8.39. The third kappa shape index (κ3) is 3.03.